The molecule has 3 heterocycles. The van der Waals surface area contributed by atoms with Crippen LogP contribution in [0.3, 0.4) is 0 Å². The van der Waals surface area contributed by atoms with E-state index in [9.17, 15) is 14.7 Å². The second-order valence-corrected chi connectivity index (χ2v) is 12.0. The van der Waals surface area contributed by atoms with E-state index in [2.05, 4.69) is 9.88 Å². The van der Waals surface area contributed by atoms with Gasteiger partial charge in [-0.05, 0) is 85.0 Å². The Kier molecular flexibility index (Phi) is 8.90. The predicted octanol–water partition coefficient (Wildman–Crippen LogP) is 6.27. The van der Waals surface area contributed by atoms with Gasteiger partial charge in [0.25, 0.3) is 0 Å². The number of carbonyl (C=O) groups is 2. The van der Waals surface area contributed by atoms with Gasteiger partial charge in [-0.3, -0.25) is 4.90 Å². The fourth-order valence-electron chi connectivity index (χ4n) is 6.07. The van der Waals surface area contributed by atoms with Crippen molar-refractivity contribution in [1.82, 2.24) is 14.8 Å². The Bertz CT molecular complexity index is 1580. The average Bonchev–Trinajstić information content (AvgIpc) is 3.39. The van der Waals surface area contributed by atoms with Crippen molar-refractivity contribution in [2.24, 2.45) is 5.92 Å². The molecule has 3 aromatic carbocycles. The summed E-state index contributed by atoms with van der Waals surface area (Å²) in [5.41, 5.74) is 3.98. The highest BCUT2D eigenvalue weighted by Crippen LogP contribution is 2.40. The summed E-state index contributed by atoms with van der Waals surface area (Å²) in [6.07, 6.45) is 2.78. The van der Waals surface area contributed by atoms with Crippen LogP contribution >= 0.6 is 23.2 Å². The van der Waals surface area contributed by atoms with E-state index in [1.165, 1.54) is 0 Å². The molecule has 1 fully saturated rings. The topological polar surface area (TPSA) is 95.1 Å². The zero-order valence-corrected chi connectivity index (χ0v) is 25.1. The number of piperidine rings is 1. The second kappa shape index (κ2) is 13.0. The number of fused-ring (bicyclic) bond motifs is 3. The van der Waals surface area contributed by atoms with Gasteiger partial charge in [0.15, 0.2) is 0 Å². The van der Waals surface area contributed by atoms with Gasteiger partial charge < -0.3 is 29.3 Å². The molecular formula is C33H33Cl2N3O5. The van der Waals surface area contributed by atoms with Crippen molar-refractivity contribution < 1.29 is 24.2 Å². The number of aromatic amines is 1. The summed E-state index contributed by atoms with van der Waals surface area (Å²) in [7, 11) is 0. The third-order valence-electron chi connectivity index (χ3n) is 8.30. The molecule has 4 aromatic rings. The van der Waals surface area contributed by atoms with E-state index in [1.807, 2.05) is 42.5 Å². The molecule has 0 bridgehead atoms. The summed E-state index contributed by atoms with van der Waals surface area (Å²) in [5.74, 6) is 0.843. The summed E-state index contributed by atoms with van der Waals surface area (Å²) in [5, 5.41) is 11.6. The number of hydrogen-bond acceptors (Lipinski definition) is 6. The molecule has 2 atom stereocenters. The Labute approximate surface area is 260 Å². The van der Waals surface area contributed by atoms with Gasteiger partial charge in [0.2, 0.25) is 0 Å². The zero-order valence-electron chi connectivity index (χ0n) is 23.5. The number of aliphatic hydroxyl groups excluding tert-OH is 1. The third-order valence-corrected chi connectivity index (χ3v) is 8.78. The van der Waals surface area contributed by atoms with Gasteiger partial charge in [-0.1, -0.05) is 35.3 Å². The Morgan fingerprint density at radius 1 is 0.977 bits per heavy atom. The maximum Gasteiger partial charge on any atom is 0.416 e. The summed E-state index contributed by atoms with van der Waals surface area (Å²) in [6, 6.07) is 20.0. The molecule has 0 spiro atoms. The van der Waals surface area contributed by atoms with Crippen LogP contribution in [0.25, 0.3) is 10.9 Å². The number of rotatable bonds is 8. The van der Waals surface area contributed by atoms with Gasteiger partial charge in [-0.2, -0.15) is 0 Å². The standard InChI is InChI=1S/C33H33Cl2N3O5/c34-23-3-8-26(9-4-23)43-33(41)38-16-13-28-29-17-24(35)5-10-30(29)36-31(28)32(38)22-1-6-25(7-2-22)42-27-11-14-37(15-12-27)18-21(19-39)20-40/h1-10,17,19,21,27,32,36,40H,11-16,18,20H2. The number of hydrogen-bond donors (Lipinski definition) is 2. The van der Waals surface area contributed by atoms with Gasteiger partial charge in [-0.15, -0.1) is 0 Å². The lowest BCUT2D eigenvalue weighted by molar-refractivity contribution is -0.112. The molecule has 1 amide bonds. The molecule has 10 heteroatoms. The number of nitrogens with one attached hydrogen (secondary N) is 1. The lowest BCUT2D eigenvalue weighted by Gasteiger charge is -2.35. The van der Waals surface area contributed by atoms with E-state index in [4.69, 9.17) is 32.7 Å². The summed E-state index contributed by atoms with van der Waals surface area (Å²) in [4.78, 5) is 32.1. The maximum atomic E-state index is 13.6. The second-order valence-electron chi connectivity index (χ2n) is 11.1. The molecule has 224 valence electrons. The van der Waals surface area contributed by atoms with Crippen molar-refractivity contribution >= 4 is 46.5 Å². The van der Waals surface area contributed by atoms with Crippen LogP contribution in [0.1, 0.15) is 35.7 Å². The molecule has 2 N–H and O–H groups in total. The number of amides is 1. The number of carbonyl (C=O) groups excluding carboxylic acids is 2. The number of likely N-dealkylation sites (tertiary alicyclic amines) is 1. The number of aldehydes is 1. The van der Waals surface area contributed by atoms with Crippen molar-refractivity contribution in [3.63, 3.8) is 0 Å². The van der Waals surface area contributed by atoms with Crippen LogP contribution in [0.4, 0.5) is 4.79 Å². The highest BCUT2D eigenvalue weighted by Gasteiger charge is 2.36. The van der Waals surface area contributed by atoms with E-state index in [0.717, 1.165) is 65.7 Å². The molecule has 8 nitrogen and oxygen atoms in total. The molecular weight excluding hydrogens is 589 g/mol. The van der Waals surface area contributed by atoms with Crippen LogP contribution in [0.15, 0.2) is 66.7 Å². The SMILES string of the molecule is O=CC(CO)CN1CCC(Oc2ccc(C3c4[nH]c5ccc(Cl)cc5c4CCN3C(=O)Oc3ccc(Cl)cc3)cc2)CC1. The third kappa shape index (κ3) is 6.53. The fraction of sp³-hybridized carbons (Fsp3) is 0.333. The van der Waals surface area contributed by atoms with Gasteiger partial charge in [0.05, 0.1) is 12.5 Å². The lowest BCUT2D eigenvalue weighted by atomic mass is 9.92. The normalized spacial score (nSPS) is 18.3. The molecule has 1 saturated heterocycles. The number of ether oxygens (including phenoxy) is 2. The monoisotopic (exact) mass is 621 g/mol. The number of benzene rings is 3. The van der Waals surface area contributed by atoms with Gasteiger partial charge in [0, 0.05) is 52.8 Å². The van der Waals surface area contributed by atoms with E-state index in [0.29, 0.717) is 35.3 Å². The number of nitrogens with zero attached hydrogens (tertiary/aromatic N) is 2. The Morgan fingerprint density at radius 2 is 1.67 bits per heavy atom. The molecule has 2 aliphatic rings. The van der Waals surface area contributed by atoms with E-state index < -0.39 is 12.1 Å². The first-order valence-corrected chi connectivity index (χ1v) is 15.3. The van der Waals surface area contributed by atoms with Gasteiger partial charge in [0.1, 0.15) is 29.9 Å². The molecule has 6 rings (SSSR count). The van der Waals surface area contributed by atoms with Crippen LogP contribution in [0.2, 0.25) is 10.0 Å². The van der Waals surface area contributed by atoms with Crippen molar-refractivity contribution in [2.45, 2.75) is 31.4 Å². The van der Waals surface area contributed by atoms with Crippen molar-refractivity contribution in [2.75, 3.05) is 32.8 Å². The fourth-order valence-corrected chi connectivity index (χ4v) is 6.37. The maximum absolute atomic E-state index is 13.6. The van der Waals surface area contributed by atoms with E-state index in [1.54, 1.807) is 29.2 Å². The highest BCUT2D eigenvalue weighted by molar-refractivity contribution is 6.31. The van der Waals surface area contributed by atoms with Crippen molar-refractivity contribution in [1.29, 1.82) is 0 Å². The number of aliphatic hydroxyl groups is 1. The van der Waals surface area contributed by atoms with Crippen LogP contribution in [0, 0.1) is 5.92 Å². The molecule has 0 radical (unpaired) electrons. The molecule has 43 heavy (non-hydrogen) atoms. The van der Waals surface area contributed by atoms with Crippen molar-refractivity contribution in [3.05, 3.63) is 93.6 Å². The van der Waals surface area contributed by atoms with Crippen LogP contribution in [-0.2, 0) is 11.2 Å². The molecule has 0 saturated carbocycles. The Hall–Kier alpha value is -3.56. The molecule has 2 aliphatic heterocycles. The Morgan fingerprint density at radius 3 is 2.37 bits per heavy atom. The zero-order chi connectivity index (χ0) is 29.9. The Balaban J connectivity index is 1.22. The van der Waals surface area contributed by atoms with Gasteiger partial charge in [-0.25, -0.2) is 4.79 Å². The number of aromatic nitrogens is 1. The minimum atomic E-state index is -0.445. The van der Waals surface area contributed by atoms with E-state index in [-0.39, 0.29) is 18.6 Å². The highest BCUT2D eigenvalue weighted by atomic mass is 35.5. The average molecular weight is 623 g/mol. The van der Waals surface area contributed by atoms with Crippen LogP contribution < -0.4 is 9.47 Å². The molecule has 1 aromatic heterocycles. The van der Waals surface area contributed by atoms with Gasteiger partial charge >= 0.3 is 6.09 Å². The van der Waals surface area contributed by atoms with Crippen LogP contribution in [-0.4, -0.2) is 71.2 Å². The summed E-state index contributed by atoms with van der Waals surface area (Å²) < 4.78 is 12.1. The van der Waals surface area contributed by atoms with Crippen LogP contribution in [0.5, 0.6) is 11.5 Å². The summed E-state index contributed by atoms with van der Waals surface area (Å²) >= 11 is 12.4. The summed E-state index contributed by atoms with van der Waals surface area (Å²) in [6.45, 7) is 2.54. The smallest absolute Gasteiger partial charge is 0.416 e. The number of H-pyrrole nitrogens is 1. The van der Waals surface area contributed by atoms with Crippen molar-refractivity contribution in [3.8, 4) is 11.5 Å². The molecule has 2 unspecified atom stereocenters. The van der Waals surface area contributed by atoms with E-state index >= 15 is 0 Å². The predicted molar refractivity (Wildman–Crippen MR) is 166 cm³/mol. The first kappa shape index (κ1) is 29.5. The number of halogens is 2. The minimum Gasteiger partial charge on any atom is -0.490 e. The minimum absolute atomic E-state index is 0.0662. The molecule has 0 aliphatic carbocycles. The first-order chi connectivity index (χ1) is 20.9. The first-order valence-electron chi connectivity index (χ1n) is 14.5. The lowest BCUT2D eigenvalue weighted by Crippen LogP contribution is -2.42. The quantitative estimate of drug-likeness (QED) is 0.225. The largest absolute Gasteiger partial charge is 0.490 e.